The number of sulfonamides is 1. The summed E-state index contributed by atoms with van der Waals surface area (Å²) in [7, 11) is -4.71. The Morgan fingerprint density at radius 3 is 2.26 bits per heavy atom. The fraction of sp³-hybridized carbons (Fsp3) is 0.242. The Hall–Kier alpha value is -4.59. The number of para-hydroxylation sites is 3. The molecule has 4 aromatic rings. The quantitative estimate of drug-likeness (QED) is 0.195. The molecular weight excluding hydrogens is 623 g/mol. The Bertz CT molecular complexity index is 1790. The van der Waals surface area contributed by atoms with Crippen LogP contribution in [0.2, 0.25) is 0 Å². The molecule has 0 saturated carbocycles. The summed E-state index contributed by atoms with van der Waals surface area (Å²) >= 11 is 0. The monoisotopic (exact) mass is 655 g/mol. The minimum Gasteiger partial charge on any atom is -0.485 e. The zero-order valence-electron chi connectivity index (χ0n) is 24.9. The van der Waals surface area contributed by atoms with Gasteiger partial charge >= 0.3 is 6.36 Å². The van der Waals surface area contributed by atoms with Crippen LogP contribution in [0.5, 0.6) is 11.5 Å². The topological polar surface area (TPSA) is 117 Å². The molecule has 46 heavy (non-hydrogen) atoms. The van der Waals surface area contributed by atoms with E-state index in [0.717, 1.165) is 17.8 Å². The lowest BCUT2D eigenvalue weighted by atomic mass is 9.86. The standard InChI is InChI=1S/C33H32F3N3O6S/c1-32(2)30(40)29(38-46(42,43)28-16-10-9-15-27(28)45-33(34,35)36)25-21-22(17-18-26(25)44-32)31(41)39(24-13-7-4-8-14-24)20-19-37-23-11-5-3-6-12-23/h3-18,21,29-30,37-38,40H,19-20H2,1-2H3/t29-,30+/m1/s1. The maximum atomic E-state index is 14.0. The first-order valence-corrected chi connectivity index (χ1v) is 15.8. The molecule has 0 radical (unpaired) electrons. The number of nitrogens with zero attached hydrogens (tertiary/aromatic N) is 1. The van der Waals surface area contributed by atoms with Crippen LogP contribution >= 0.6 is 0 Å². The van der Waals surface area contributed by atoms with Gasteiger partial charge in [-0.2, -0.15) is 0 Å². The van der Waals surface area contributed by atoms with E-state index in [0.29, 0.717) is 12.2 Å². The molecule has 0 saturated heterocycles. The van der Waals surface area contributed by atoms with Gasteiger partial charge in [0.2, 0.25) is 10.0 Å². The van der Waals surface area contributed by atoms with Gasteiger partial charge in [0.15, 0.2) is 0 Å². The summed E-state index contributed by atoms with van der Waals surface area (Å²) in [6.07, 6.45) is -6.65. The van der Waals surface area contributed by atoms with Crippen molar-refractivity contribution in [1.82, 2.24) is 4.72 Å². The second-order valence-electron chi connectivity index (χ2n) is 11.1. The molecule has 0 bridgehead atoms. The van der Waals surface area contributed by atoms with Crippen LogP contribution in [0.1, 0.15) is 35.8 Å². The van der Waals surface area contributed by atoms with Crippen molar-refractivity contribution in [1.29, 1.82) is 0 Å². The Morgan fingerprint density at radius 1 is 0.957 bits per heavy atom. The largest absolute Gasteiger partial charge is 0.573 e. The van der Waals surface area contributed by atoms with Gasteiger partial charge in [0, 0.05) is 35.6 Å². The number of benzene rings is 4. The second-order valence-corrected chi connectivity index (χ2v) is 12.8. The van der Waals surface area contributed by atoms with Gasteiger partial charge in [-0.25, -0.2) is 13.1 Å². The van der Waals surface area contributed by atoms with E-state index >= 15 is 0 Å². The second kappa shape index (κ2) is 13.0. The Labute approximate surface area is 264 Å². The number of fused-ring (bicyclic) bond motifs is 1. The van der Waals surface area contributed by atoms with E-state index in [2.05, 4.69) is 14.8 Å². The molecule has 1 amide bonds. The lowest BCUT2D eigenvalue weighted by Gasteiger charge is -2.42. The third-order valence-electron chi connectivity index (χ3n) is 7.39. The average molecular weight is 656 g/mol. The smallest absolute Gasteiger partial charge is 0.485 e. The number of carbonyl (C=O) groups is 1. The maximum absolute atomic E-state index is 14.0. The van der Waals surface area contributed by atoms with E-state index < -0.39 is 50.7 Å². The lowest BCUT2D eigenvalue weighted by Crippen LogP contribution is -2.53. The van der Waals surface area contributed by atoms with Crippen molar-refractivity contribution < 1.29 is 41.0 Å². The molecular formula is C33H32F3N3O6S. The Balaban J connectivity index is 1.48. The van der Waals surface area contributed by atoms with E-state index in [1.54, 1.807) is 43.0 Å². The maximum Gasteiger partial charge on any atom is 0.573 e. The minimum absolute atomic E-state index is 0.130. The summed E-state index contributed by atoms with van der Waals surface area (Å²) in [6.45, 7) is 3.76. The third-order valence-corrected chi connectivity index (χ3v) is 8.87. The van der Waals surface area contributed by atoms with Crippen LogP contribution in [-0.4, -0.2) is 50.6 Å². The van der Waals surface area contributed by atoms with Gasteiger partial charge in [0.1, 0.15) is 28.1 Å². The number of carbonyl (C=O) groups excluding carboxylic acids is 1. The summed E-state index contributed by atoms with van der Waals surface area (Å²) in [5.41, 5.74) is 0.486. The van der Waals surface area contributed by atoms with Crippen molar-refractivity contribution in [2.45, 2.75) is 42.9 Å². The van der Waals surface area contributed by atoms with E-state index in [4.69, 9.17) is 4.74 Å². The van der Waals surface area contributed by atoms with Crippen molar-refractivity contribution in [3.63, 3.8) is 0 Å². The Morgan fingerprint density at radius 2 is 1.59 bits per heavy atom. The van der Waals surface area contributed by atoms with Crippen molar-refractivity contribution >= 4 is 27.3 Å². The highest BCUT2D eigenvalue weighted by Crippen LogP contribution is 2.42. The number of nitrogens with one attached hydrogen (secondary N) is 2. The number of alkyl halides is 3. The molecule has 242 valence electrons. The molecule has 4 aromatic carbocycles. The molecule has 1 aliphatic rings. The summed E-state index contributed by atoms with van der Waals surface area (Å²) in [5, 5.41) is 14.6. The Kier molecular flexibility index (Phi) is 9.29. The molecule has 0 unspecified atom stereocenters. The molecule has 13 heteroatoms. The highest BCUT2D eigenvalue weighted by molar-refractivity contribution is 7.89. The highest BCUT2D eigenvalue weighted by atomic mass is 32.2. The minimum atomic E-state index is -5.14. The number of anilines is 2. The molecule has 2 atom stereocenters. The van der Waals surface area contributed by atoms with Gasteiger partial charge in [0.05, 0.1) is 6.04 Å². The van der Waals surface area contributed by atoms with Crippen LogP contribution in [0.3, 0.4) is 0 Å². The van der Waals surface area contributed by atoms with Crippen molar-refractivity contribution in [2.24, 2.45) is 0 Å². The predicted molar refractivity (Wildman–Crippen MR) is 166 cm³/mol. The molecule has 1 heterocycles. The van der Waals surface area contributed by atoms with Gasteiger partial charge in [-0.15, -0.1) is 13.2 Å². The number of amides is 1. The van der Waals surface area contributed by atoms with Crippen LogP contribution in [-0.2, 0) is 10.0 Å². The first-order valence-electron chi connectivity index (χ1n) is 14.3. The van der Waals surface area contributed by atoms with Gasteiger partial charge in [-0.3, -0.25) is 4.79 Å². The van der Waals surface area contributed by atoms with E-state index in [9.17, 15) is 31.5 Å². The summed E-state index contributed by atoms with van der Waals surface area (Å²) in [6, 6.07) is 25.8. The highest BCUT2D eigenvalue weighted by Gasteiger charge is 2.45. The van der Waals surface area contributed by atoms with Gasteiger partial charge in [-0.05, 0) is 68.4 Å². The van der Waals surface area contributed by atoms with Crippen molar-refractivity contribution in [2.75, 3.05) is 23.3 Å². The van der Waals surface area contributed by atoms with E-state index in [1.165, 1.54) is 30.3 Å². The van der Waals surface area contributed by atoms with E-state index in [1.807, 2.05) is 36.4 Å². The van der Waals surface area contributed by atoms with Crippen LogP contribution in [0.15, 0.2) is 108 Å². The summed E-state index contributed by atoms with van der Waals surface area (Å²) in [4.78, 5) is 14.8. The normalized spacial score (nSPS) is 17.3. The molecule has 0 aliphatic carbocycles. The molecule has 0 aromatic heterocycles. The third kappa shape index (κ3) is 7.44. The number of rotatable bonds is 10. The van der Waals surface area contributed by atoms with Gasteiger partial charge < -0.3 is 24.8 Å². The van der Waals surface area contributed by atoms with Crippen LogP contribution in [0.4, 0.5) is 24.5 Å². The molecule has 0 fully saturated rings. The number of hydrogen-bond donors (Lipinski definition) is 3. The van der Waals surface area contributed by atoms with Gasteiger partial charge in [-0.1, -0.05) is 48.5 Å². The number of aliphatic hydroxyl groups excluding tert-OH is 1. The first-order chi connectivity index (χ1) is 21.7. The van der Waals surface area contributed by atoms with Crippen molar-refractivity contribution in [3.8, 4) is 11.5 Å². The van der Waals surface area contributed by atoms with Crippen LogP contribution < -0.4 is 24.4 Å². The molecule has 3 N–H and O–H groups in total. The van der Waals surface area contributed by atoms with Crippen molar-refractivity contribution in [3.05, 3.63) is 114 Å². The first kappa shape index (κ1) is 32.8. The van der Waals surface area contributed by atoms with Crippen LogP contribution in [0.25, 0.3) is 0 Å². The molecule has 0 spiro atoms. The van der Waals surface area contributed by atoms with Gasteiger partial charge in [0.25, 0.3) is 5.91 Å². The molecule has 1 aliphatic heterocycles. The summed E-state index contributed by atoms with van der Waals surface area (Å²) in [5.74, 6) is -1.15. The SMILES string of the molecule is CC1(C)Oc2ccc(C(=O)N(CCNc3ccccc3)c3ccccc3)cc2[C@@H](NS(=O)(=O)c2ccccc2OC(F)(F)F)[C@@H]1O. The lowest BCUT2D eigenvalue weighted by molar-refractivity contribution is -0.275. The van der Waals surface area contributed by atoms with E-state index in [-0.39, 0.29) is 23.4 Å². The number of aliphatic hydroxyl groups is 1. The fourth-order valence-corrected chi connectivity index (χ4v) is 6.50. The summed E-state index contributed by atoms with van der Waals surface area (Å²) < 4.78 is 78.5. The van der Waals surface area contributed by atoms with Crippen LogP contribution in [0, 0.1) is 0 Å². The number of hydrogen-bond acceptors (Lipinski definition) is 7. The zero-order valence-corrected chi connectivity index (χ0v) is 25.7. The fourth-order valence-electron chi connectivity index (χ4n) is 5.15. The average Bonchev–Trinajstić information content (AvgIpc) is 3.01. The number of ether oxygens (including phenoxy) is 2. The number of halogens is 3. The molecule has 5 rings (SSSR count). The molecule has 9 nitrogen and oxygen atoms in total. The zero-order chi connectivity index (χ0) is 33.1. The predicted octanol–water partition coefficient (Wildman–Crippen LogP) is 5.90.